The molecule has 1 saturated carbocycles. The van der Waals surface area contributed by atoms with Crippen LogP contribution in [0.2, 0.25) is 5.02 Å². The SMILES string of the molecule is COc1ccccc1NC(=O)C1CC12CCN(Cc1ccc(-c3ccccc3Cl)o1)CC2. The third-order valence-electron chi connectivity index (χ3n) is 6.90. The lowest BCUT2D eigenvalue weighted by Gasteiger charge is -2.32. The molecule has 2 aliphatic rings. The predicted molar refractivity (Wildman–Crippen MR) is 126 cm³/mol. The lowest BCUT2D eigenvalue weighted by Crippen LogP contribution is -2.35. The summed E-state index contributed by atoms with van der Waals surface area (Å²) in [5, 5.41) is 3.76. The quantitative estimate of drug-likeness (QED) is 0.511. The summed E-state index contributed by atoms with van der Waals surface area (Å²) < 4.78 is 11.4. The minimum atomic E-state index is 0.0880. The van der Waals surface area contributed by atoms with E-state index in [0.717, 1.165) is 61.7 Å². The number of carbonyl (C=O) groups excluding carboxylic acids is 1. The van der Waals surface area contributed by atoms with Crippen LogP contribution in [0, 0.1) is 11.3 Å². The molecular weight excluding hydrogens is 424 g/mol. The van der Waals surface area contributed by atoms with E-state index in [0.29, 0.717) is 10.8 Å². The molecule has 1 spiro atoms. The van der Waals surface area contributed by atoms with Gasteiger partial charge in [-0.2, -0.15) is 0 Å². The molecule has 1 unspecified atom stereocenters. The van der Waals surface area contributed by atoms with Crippen molar-refractivity contribution in [3.8, 4) is 17.1 Å². The molecule has 1 aromatic heterocycles. The topological polar surface area (TPSA) is 54.7 Å². The van der Waals surface area contributed by atoms with Gasteiger partial charge in [-0.3, -0.25) is 9.69 Å². The number of benzene rings is 2. The molecular formula is C26H27ClN2O3. The first-order chi connectivity index (χ1) is 15.6. The number of halogens is 1. The molecule has 2 fully saturated rings. The van der Waals surface area contributed by atoms with E-state index in [1.54, 1.807) is 7.11 Å². The van der Waals surface area contributed by atoms with Gasteiger partial charge in [-0.1, -0.05) is 35.9 Å². The van der Waals surface area contributed by atoms with Crippen molar-refractivity contribution in [1.82, 2.24) is 4.90 Å². The highest BCUT2D eigenvalue weighted by molar-refractivity contribution is 6.33. The number of nitrogens with one attached hydrogen (secondary N) is 1. The van der Waals surface area contributed by atoms with E-state index < -0.39 is 0 Å². The molecule has 5 nitrogen and oxygen atoms in total. The van der Waals surface area contributed by atoms with E-state index >= 15 is 0 Å². The fraction of sp³-hybridized carbons (Fsp3) is 0.346. The molecule has 1 saturated heterocycles. The summed E-state index contributed by atoms with van der Waals surface area (Å²) in [4.78, 5) is 15.3. The van der Waals surface area contributed by atoms with E-state index in [9.17, 15) is 4.79 Å². The van der Waals surface area contributed by atoms with Gasteiger partial charge >= 0.3 is 0 Å². The van der Waals surface area contributed by atoms with Gasteiger partial charge in [0.2, 0.25) is 5.91 Å². The van der Waals surface area contributed by atoms with E-state index in [4.69, 9.17) is 20.8 Å². The van der Waals surface area contributed by atoms with Crippen molar-refractivity contribution in [1.29, 1.82) is 0 Å². The van der Waals surface area contributed by atoms with Gasteiger partial charge in [-0.15, -0.1) is 0 Å². The molecule has 6 heteroatoms. The predicted octanol–water partition coefficient (Wildman–Crippen LogP) is 5.85. The van der Waals surface area contributed by atoms with Crippen LogP contribution in [0.4, 0.5) is 5.69 Å². The van der Waals surface area contributed by atoms with Gasteiger partial charge < -0.3 is 14.5 Å². The number of carbonyl (C=O) groups is 1. The number of piperidine rings is 1. The Kier molecular flexibility index (Phi) is 5.70. The molecule has 3 aromatic rings. The van der Waals surface area contributed by atoms with Gasteiger partial charge in [0.15, 0.2) is 0 Å². The number of methoxy groups -OCH3 is 1. The highest BCUT2D eigenvalue weighted by Crippen LogP contribution is 2.59. The van der Waals surface area contributed by atoms with Gasteiger partial charge in [0.1, 0.15) is 17.3 Å². The first-order valence-corrected chi connectivity index (χ1v) is 11.5. The maximum absolute atomic E-state index is 12.8. The first-order valence-electron chi connectivity index (χ1n) is 11.1. The number of amides is 1. The van der Waals surface area contributed by atoms with Crippen molar-refractivity contribution in [3.05, 3.63) is 71.4 Å². The third kappa shape index (κ3) is 4.15. The van der Waals surface area contributed by atoms with E-state index in [1.165, 1.54) is 0 Å². The molecule has 1 aliphatic carbocycles. The Labute approximate surface area is 193 Å². The van der Waals surface area contributed by atoms with Crippen molar-refractivity contribution in [2.45, 2.75) is 25.8 Å². The second kappa shape index (κ2) is 8.64. The van der Waals surface area contributed by atoms with Crippen LogP contribution >= 0.6 is 11.6 Å². The van der Waals surface area contributed by atoms with Crippen molar-refractivity contribution in [2.75, 3.05) is 25.5 Å². The molecule has 1 atom stereocenters. The number of nitrogens with zero attached hydrogens (tertiary/aromatic N) is 1. The van der Waals surface area contributed by atoms with Crippen molar-refractivity contribution in [3.63, 3.8) is 0 Å². The number of hydrogen-bond acceptors (Lipinski definition) is 4. The van der Waals surface area contributed by atoms with Crippen LogP contribution in [0.1, 0.15) is 25.0 Å². The lowest BCUT2D eigenvalue weighted by atomic mass is 9.90. The molecule has 0 radical (unpaired) electrons. The number of furan rings is 1. The molecule has 2 aromatic carbocycles. The minimum absolute atomic E-state index is 0.0880. The molecule has 5 rings (SSSR count). The molecule has 166 valence electrons. The number of likely N-dealkylation sites (tertiary alicyclic amines) is 1. The summed E-state index contributed by atoms with van der Waals surface area (Å²) in [6.07, 6.45) is 3.05. The monoisotopic (exact) mass is 450 g/mol. The number of ether oxygens (including phenoxy) is 1. The Bertz CT molecular complexity index is 1120. The largest absolute Gasteiger partial charge is 0.495 e. The normalized spacial score (nSPS) is 19.6. The van der Waals surface area contributed by atoms with Crippen LogP contribution in [0.15, 0.2) is 65.1 Å². The smallest absolute Gasteiger partial charge is 0.228 e. The molecule has 0 bridgehead atoms. The van der Waals surface area contributed by atoms with Crippen LogP contribution in [0.3, 0.4) is 0 Å². The van der Waals surface area contributed by atoms with Gasteiger partial charge in [0, 0.05) is 11.5 Å². The fourth-order valence-electron chi connectivity index (χ4n) is 4.88. The summed E-state index contributed by atoms with van der Waals surface area (Å²) in [5.41, 5.74) is 1.81. The van der Waals surface area contributed by atoms with Gasteiger partial charge in [-0.05, 0) is 74.2 Å². The summed E-state index contributed by atoms with van der Waals surface area (Å²) in [6, 6.07) is 19.3. The molecule has 32 heavy (non-hydrogen) atoms. The highest BCUT2D eigenvalue weighted by atomic mass is 35.5. The van der Waals surface area contributed by atoms with Crippen LogP contribution in [0.25, 0.3) is 11.3 Å². The summed E-state index contributed by atoms with van der Waals surface area (Å²) >= 11 is 6.30. The minimum Gasteiger partial charge on any atom is -0.495 e. The summed E-state index contributed by atoms with van der Waals surface area (Å²) in [7, 11) is 1.62. The zero-order valence-electron chi connectivity index (χ0n) is 18.1. The average Bonchev–Trinajstić information content (AvgIpc) is 3.32. The molecule has 1 amide bonds. The summed E-state index contributed by atoms with van der Waals surface area (Å²) in [6.45, 7) is 2.72. The Hall–Kier alpha value is -2.76. The Morgan fingerprint density at radius 2 is 1.88 bits per heavy atom. The second-order valence-electron chi connectivity index (χ2n) is 8.83. The number of rotatable bonds is 6. The van der Waals surface area contributed by atoms with E-state index in [-0.39, 0.29) is 17.2 Å². The van der Waals surface area contributed by atoms with Crippen molar-refractivity contribution in [2.24, 2.45) is 11.3 Å². The Morgan fingerprint density at radius 3 is 2.66 bits per heavy atom. The third-order valence-corrected chi connectivity index (χ3v) is 7.23. The molecule has 1 N–H and O–H groups in total. The highest BCUT2D eigenvalue weighted by Gasteiger charge is 2.58. The van der Waals surface area contributed by atoms with Crippen LogP contribution in [-0.2, 0) is 11.3 Å². The van der Waals surface area contributed by atoms with Crippen LogP contribution in [0.5, 0.6) is 5.75 Å². The van der Waals surface area contributed by atoms with Crippen LogP contribution < -0.4 is 10.1 Å². The fourth-order valence-corrected chi connectivity index (χ4v) is 5.11. The standard InChI is InChI=1S/C26H27ClN2O3/c1-31-24-9-5-4-8-22(24)28-25(30)20-16-26(20)12-14-29(15-13-26)17-18-10-11-23(32-18)19-6-2-3-7-21(19)27/h2-11,20H,12-17H2,1H3,(H,28,30). The number of para-hydroxylation sites is 2. The second-order valence-corrected chi connectivity index (χ2v) is 9.24. The van der Waals surface area contributed by atoms with Crippen molar-refractivity contribution >= 4 is 23.2 Å². The van der Waals surface area contributed by atoms with E-state index in [1.807, 2.05) is 60.7 Å². The Morgan fingerprint density at radius 1 is 1.12 bits per heavy atom. The maximum atomic E-state index is 12.8. The van der Waals surface area contributed by atoms with E-state index in [2.05, 4.69) is 10.2 Å². The first kappa shape index (κ1) is 21.1. The van der Waals surface area contributed by atoms with Gasteiger partial charge in [-0.25, -0.2) is 0 Å². The van der Waals surface area contributed by atoms with Gasteiger partial charge in [0.05, 0.1) is 24.4 Å². The molecule has 1 aliphatic heterocycles. The lowest BCUT2D eigenvalue weighted by molar-refractivity contribution is -0.118. The zero-order valence-corrected chi connectivity index (χ0v) is 18.9. The average molecular weight is 451 g/mol. The van der Waals surface area contributed by atoms with Crippen molar-refractivity contribution < 1.29 is 13.9 Å². The van der Waals surface area contributed by atoms with Crippen LogP contribution in [-0.4, -0.2) is 31.0 Å². The molecule has 2 heterocycles. The number of anilines is 1. The number of hydrogen-bond donors (Lipinski definition) is 1. The maximum Gasteiger partial charge on any atom is 0.228 e. The summed E-state index contributed by atoms with van der Waals surface area (Å²) in [5.74, 6) is 2.63. The van der Waals surface area contributed by atoms with Gasteiger partial charge in [0.25, 0.3) is 0 Å². The Balaban J connectivity index is 1.15. The zero-order chi connectivity index (χ0) is 22.1.